The fourth-order valence-electron chi connectivity index (χ4n) is 2.07. The summed E-state index contributed by atoms with van der Waals surface area (Å²) >= 11 is 1.81. The summed E-state index contributed by atoms with van der Waals surface area (Å²) in [5.74, 6) is 0.933. The van der Waals surface area contributed by atoms with Crippen molar-refractivity contribution in [3.05, 3.63) is 46.4 Å². The van der Waals surface area contributed by atoms with Gasteiger partial charge in [0.2, 0.25) is 0 Å². The molecule has 0 aliphatic heterocycles. The van der Waals surface area contributed by atoms with Gasteiger partial charge in [-0.1, -0.05) is 6.07 Å². The van der Waals surface area contributed by atoms with E-state index >= 15 is 0 Å². The highest BCUT2D eigenvalue weighted by molar-refractivity contribution is 14.0. The standard InChI is InChI=1S/C15H22N4S.HI/c1-16-15(17-12-13-6-4-9-18(13)2)19(3)10-8-14-7-5-11-20-14;/h4-7,9,11H,8,10,12H2,1-3H3,(H,16,17);1H. The Morgan fingerprint density at radius 1 is 1.38 bits per heavy atom. The smallest absolute Gasteiger partial charge is 0.193 e. The molecule has 0 radical (unpaired) electrons. The van der Waals surface area contributed by atoms with Crippen LogP contribution in [0.4, 0.5) is 0 Å². The molecule has 21 heavy (non-hydrogen) atoms. The molecule has 0 fully saturated rings. The first-order chi connectivity index (χ1) is 9.70. The largest absolute Gasteiger partial charge is 0.353 e. The van der Waals surface area contributed by atoms with E-state index in [1.165, 1.54) is 10.6 Å². The van der Waals surface area contributed by atoms with E-state index in [2.05, 4.69) is 69.7 Å². The molecule has 4 nitrogen and oxygen atoms in total. The zero-order chi connectivity index (χ0) is 14.4. The van der Waals surface area contributed by atoms with Crippen molar-refractivity contribution in [2.24, 2.45) is 12.0 Å². The molecule has 0 aliphatic rings. The van der Waals surface area contributed by atoms with Crippen LogP contribution >= 0.6 is 35.3 Å². The first kappa shape index (κ1) is 18.0. The van der Waals surface area contributed by atoms with Crippen molar-refractivity contribution in [1.29, 1.82) is 0 Å². The van der Waals surface area contributed by atoms with E-state index in [1.54, 1.807) is 0 Å². The molecule has 0 amide bonds. The van der Waals surface area contributed by atoms with E-state index in [-0.39, 0.29) is 24.0 Å². The number of thiophene rings is 1. The molecule has 116 valence electrons. The number of aryl methyl sites for hydroxylation is 1. The monoisotopic (exact) mass is 418 g/mol. The van der Waals surface area contributed by atoms with Gasteiger partial charge in [-0.05, 0) is 30.0 Å². The highest BCUT2D eigenvalue weighted by atomic mass is 127. The Labute approximate surface area is 147 Å². The summed E-state index contributed by atoms with van der Waals surface area (Å²) in [6, 6.07) is 8.45. The lowest BCUT2D eigenvalue weighted by atomic mass is 10.3. The van der Waals surface area contributed by atoms with Crippen LogP contribution in [0.15, 0.2) is 40.8 Å². The SMILES string of the molecule is CN=C(NCc1cccn1C)N(C)CCc1cccs1.I. The Kier molecular flexibility index (Phi) is 7.81. The molecule has 0 spiro atoms. The lowest BCUT2D eigenvalue weighted by molar-refractivity contribution is 0.485. The van der Waals surface area contributed by atoms with E-state index in [1.807, 2.05) is 18.4 Å². The van der Waals surface area contributed by atoms with E-state index in [0.717, 1.165) is 25.5 Å². The van der Waals surface area contributed by atoms with Crippen LogP contribution < -0.4 is 5.32 Å². The topological polar surface area (TPSA) is 32.6 Å². The molecule has 2 rings (SSSR count). The van der Waals surface area contributed by atoms with E-state index in [9.17, 15) is 0 Å². The average Bonchev–Trinajstić information content (AvgIpc) is 3.09. The Bertz CT molecular complexity index is 548. The number of rotatable bonds is 5. The summed E-state index contributed by atoms with van der Waals surface area (Å²) < 4.78 is 2.12. The number of nitrogens with one attached hydrogen (secondary N) is 1. The third-order valence-electron chi connectivity index (χ3n) is 3.33. The van der Waals surface area contributed by atoms with Crippen LogP contribution in [-0.4, -0.2) is 36.1 Å². The van der Waals surface area contributed by atoms with Gasteiger partial charge in [0.05, 0.1) is 6.54 Å². The number of aromatic nitrogens is 1. The van der Waals surface area contributed by atoms with Gasteiger partial charge in [-0.15, -0.1) is 35.3 Å². The highest BCUT2D eigenvalue weighted by Crippen LogP contribution is 2.09. The molecule has 0 aromatic carbocycles. The third-order valence-corrected chi connectivity index (χ3v) is 4.26. The van der Waals surface area contributed by atoms with Crippen LogP contribution in [0.1, 0.15) is 10.6 Å². The van der Waals surface area contributed by atoms with Crippen molar-refractivity contribution in [3.63, 3.8) is 0 Å². The molecule has 0 aliphatic carbocycles. The van der Waals surface area contributed by atoms with Crippen LogP contribution in [0.5, 0.6) is 0 Å². The van der Waals surface area contributed by atoms with E-state index < -0.39 is 0 Å². The summed E-state index contributed by atoms with van der Waals surface area (Å²) in [6.07, 6.45) is 3.11. The number of guanidine groups is 1. The Balaban J connectivity index is 0.00000220. The van der Waals surface area contributed by atoms with Crippen LogP contribution in [0, 0.1) is 0 Å². The number of halogens is 1. The Morgan fingerprint density at radius 2 is 2.19 bits per heavy atom. The second-order valence-electron chi connectivity index (χ2n) is 4.76. The van der Waals surface area contributed by atoms with Gasteiger partial charge in [-0.3, -0.25) is 4.99 Å². The summed E-state index contributed by atoms with van der Waals surface area (Å²) in [4.78, 5) is 7.92. The van der Waals surface area contributed by atoms with Gasteiger partial charge in [-0.2, -0.15) is 0 Å². The first-order valence-corrected chi connectivity index (χ1v) is 7.63. The maximum atomic E-state index is 4.34. The second-order valence-corrected chi connectivity index (χ2v) is 5.79. The van der Waals surface area contributed by atoms with Gasteiger partial charge in [0.1, 0.15) is 0 Å². The molecular formula is C15H23IN4S. The quantitative estimate of drug-likeness (QED) is 0.460. The fourth-order valence-corrected chi connectivity index (χ4v) is 2.77. The molecule has 0 saturated heterocycles. The first-order valence-electron chi connectivity index (χ1n) is 6.75. The van der Waals surface area contributed by atoms with Crippen LogP contribution in [0.25, 0.3) is 0 Å². The second kappa shape index (κ2) is 9.09. The number of hydrogen-bond donors (Lipinski definition) is 1. The third kappa shape index (κ3) is 5.35. The molecule has 0 saturated carbocycles. The Hall–Kier alpha value is -1.02. The van der Waals surface area contributed by atoms with Gasteiger partial charge < -0.3 is 14.8 Å². The van der Waals surface area contributed by atoms with Crippen molar-refractivity contribution >= 4 is 41.3 Å². The highest BCUT2D eigenvalue weighted by Gasteiger charge is 2.07. The van der Waals surface area contributed by atoms with Crippen molar-refractivity contribution in [2.75, 3.05) is 20.6 Å². The van der Waals surface area contributed by atoms with Gasteiger partial charge in [0.15, 0.2) is 5.96 Å². The van der Waals surface area contributed by atoms with Gasteiger partial charge in [0.25, 0.3) is 0 Å². The predicted molar refractivity (Wildman–Crippen MR) is 102 cm³/mol. The van der Waals surface area contributed by atoms with Crippen LogP contribution in [-0.2, 0) is 20.0 Å². The molecule has 0 unspecified atom stereocenters. The van der Waals surface area contributed by atoms with Crippen molar-refractivity contribution < 1.29 is 0 Å². The summed E-state index contributed by atoms with van der Waals surface area (Å²) in [6.45, 7) is 1.76. The zero-order valence-corrected chi connectivity index (χ0v) is 15.9. The van der Waals surface area contributed by atoms with Crippen molar-refractivity contribution in [1.82, 2.24) is 14.8 Å². The molecule has 6 heteroatoms. The number of likely N-dealkylation sites (N-methyl/N-ethyl adjacent to an activating group) is 1. The molecule has 2 aromatic rings. The fraction of sp³-hybridized carbons (Fsp3) is 0.400. The minimum Gasteiger partial charge on any atom is -0.353 e. The van der Waals surface area contributed by atoms with E-state index in [0.29, 0.717) is 0 Å². The number of aliphatic imine (C=N–C) groups is 1. The molecule has 2 heterocycles. The summed E-state index contributed by atoms with van der Waals surface area (Å²) in [5.41, 5.74) is 1.25. The van der Waals surface area contributed by atoms with Crippen LogP contribution in [0.3, 0.4) is 0 Å². The average molecular weight is 418 g/mol. The molecule has 0 bridgehead atoms. The van der Waals surface area contributed by atoms with Crippen LogP contribution in [0.2, 0.25) is 0 Å². The lowest BCUT2D eigenvalue weighted by Gasteiger charge is -2.22. The Morgan fingerprint density at radius 3 is 2.76 bits per heavy atom. The minimum atomic E-state index is 0. The van der Waals surface area contributed by atoms with Crippen molar-refractivity contribution in [2.45, 2.75) is 13.0 Å². The normalized spacial score (nSPS) is 11.1. The van der Waals surface area contributed by atoms with E-state index in [4.69, 9.17) is 0 Å². The van der Waals surface area contributed by atoms with Gasteiger partial charge in [-0.25, -0.2) is 0 Å². The number of nitrogens with zero attached hydrogens (tertiary/aromatic N) is 3. The zero-order valence-electron chi connectivity index (χ0n) is 12.7. The predicted octanol–water partition coefficient (Wildman–Crippen LogP) is 2.95. The van der Waals surface area contributed by atoms with Gasteiger partial charge >= 0.3 is 0 Å². The summed E-state index contributed by atoms with van der Waals surface area (Å²) in [7, 11) is 5.96. The minimum absolute atomic E-state index is 0. The van der Waals surface area contributed by atoms with Crippen molar-refractivity contribution in [3.8, 4) is 0 Å². The molecule has 2 aromatic heterocycles. The molecular weight excluding hydrogens is 395 g/mol. The molecule has 1 N–H and O–H groups in total. The maximum absolute atomic E-state index is 4.34. The molecule has 0 atom stereocenters. The van der Waals surface area contributed by atoms with Gasteiger partial charge in [0, 0.05) is 44.5 Å². The summed E-state index contributed by atoms with van der Waals surface area (Å²) in [5, 5.41) is 5.52. The number of hydrogen-bond acceptors (Lipinski definition) is 2. The maximum Gasteiger partial charge on any atom is 0.193 e. The lowest BCUT2D eigenvalue weighted by Crippen LogP contribution is -2.39.